The molecular weight excluding hydrogens is 267 g/mol. The smallest absolute Gasteiger partial charge is 0.160 e. The molecule has 0 aliphatic rings. The van der Waals surface area contributed by atoms with Gasteiger partial charge in [-0.25, -0.2) is 4.39 Å². The Balaban J connectivity index is 2.64. The van der Waals surface area contributed by atoms with E-state index in [-0.39, 0.29) is 5.78 Å². The van der Waals surface area contributed by atoms with Gasteiger partial charge < -0.3 is 4.74 Å². The Hall–Kier alpha value is -1.87. The van der Waals surface area contributed by atoms with Crippen LogP contribution in [-0.4, -0.2) is 12.9 Å². The molecular formula is C15H12ClFO2. The van der Waals surface area contributed by atoms with E-state index < -0.39 is 5.82 Å². The summed E-state index contributed by atoms with van der Waals surface area (Å²) in [4.78, 5) is 11.6. The summed E-state index contributed by atoms with van der Waals surface area (Å²) >= 11 is 5.95. The second kappa shape index (κ2) is 5.41. The van der Waals surface area contributed by atoms with Crippen LogP contribution in [0.1, 0.15) is 17.3 Å². The van der Waals surface area contributed by atoms with E-state index >= 15 is 0 Å². The molecule has 0 fully saturated rings. The zero-order chi connectivity index (χ0) is 14.0. The number of halogens is 2. The van der Waals surface area contributed by atoms with Gasteiger partial charge in [0.25, 0.3) is 0 Å². The molecule has 0 atom stereocenters. The lowest BCUT2D eigenvalue weighted by atomic mass is 9.97. The maximum atomic E-state index is 13.4. The lowest BCUT2D eigenvalue weighted by molar-refractivity contribution is 0.101. The highest BCUT2D eigenvalue weighted by Gasteiger charge is 2.12. The number of hydrogen-bond donors (Lipinski definition) is 0. The number of Topliss-reactive ketones (excluding diaryl/α,β-unsaturated/α-hetero) is 1. The van der Waals surface area contributed by atoms with Crippen LogP contribution in [-0.2, 0) is 0 Å². The highest BCUT2D eigenvalue weighted by molar-refractivity contribution is 6.32. The number of ether oxygens (including phenoxy) is 1. The van der Waals surface area contributed by atoms with Crippen LogP contribution >= 0.6 is 11.6 Å². The Morgan fingerprint density at radius 1 is 1.21 bits per heavy atom. The fourth-order valence-corrected chi connectivity index (χ4v) is 2.08. The van der Waals surface area contributed by atoms with Gasteiger partial charge in [-0.1, -0.05) is 17.7 Å². The fourth-order valence-electron chi connectivity index (χ4n) is 1.89. The van der Waals surface area contributed by atoms with E-state index in [1.165, 1.54) is 32.2 Å². The summed E-state index contributed by atoms with van der Waals surface area (Å²) in [7, 11) is 1.50. The first-order valence-electron chi connectivity index (χ1n) is 5.67. The number of hydrogen-bond acceptors (Lipinski definition) is 2. The Labute approximate surface area is 115 Å². The van der Waals surface area contributed by atoms with E-state index in [1.54, 1.807) is 18.2 Å². The molecule has 0 aromatic heterocycles. The first kappa shape index (κ1) is 13.6. The molecule has 2 nitrogen and oxygen atoms in total. The van der Waals surface area contributed by atoms with Crippen LogP contribution in [0.15, 0.2) is 36.4 Å². The van der Waals surface area contributed by atoms with Crippen LogP contribution in [0.4, 0.5) is 4.39 Å². The monoisotopic (exact) mass is 278 g/mol. The van der Waals surface area contributed by atoms with Crippen molar-refractivity contribution in [3.05, 3.63) is 52.8 Å². The Morgan fingerprint density at radius 2 is 1.95 bits per heavy atom. The van der Waals surface area contributed by atoms with Crippen LogP contribution in [0.2, 0.25) is 5.02 Å². The van der Waals surface area contributed by atoms with Gasteiger partial charge in [0.05, 0.1) is 12.1 Å². The third kappa shape index (κ3) is 2.76. The Morgan fingerprint density at radius 3 is 2.58 bits per heavy atom. The SMILES string of the molecule is COc1cc(-c2cc(F)ccc2C(C)=O)ccc1Cl. The van der Waals surface area contributed by atoms with Crippen LogP contribution in [0, 0.1) is 5.82 Å². The summed E-state index contributed by atoms with van der Waals surface area (Å²) in [5, 5.41) is 0.465. The van der Waals surface area contributed by atoms with Gasteiger partial charge in [0, 0.05) is 5.56 Å². The van der Waals surface area contributed by atoms with Gasteiger partial charge in [-0.2, -0.15) is 0 Å². The molecule has 2 aromatic rings. The molecule has 0 bridgehead atoms. The third-order valence-electron chi connectivity index (χ3n) is 2.82. The first-order chi connectivity index (χ1) is 9.02. The quantitative estimate of drug-likeness (QED) is 0.780. The number of rotatable bonds is 3. The molecule has 4 heteroatoms. The molecule has 0 saturated carbocycles. The van der Waals surface area contributed by atoms with E-state index in [1.807, 2.05) is 0 Å². The fraction of sp³-hybridized carbons (Fsp3) is 0.133. The molecule has 0 saturated heterocycles. The van der Waals surface area contributed by atoms with E-state index in [9.17, 15) is 9.18 Å². The molecule has 0 unspecified atom stereocenters. The number of benzene rings is 2. The van der Waals surface area contributed by atoms with Crippen LogP contribution in [0.25, 0.3) is 11.1 Å². The van der Waals surface area contributed by atoms with Crippen molar-refractivity contribution in [1.29, 1.82) is 0 Å². The number of carbonyl (C=O) groups excluding carboxylic acids is 1. The summed E-state index contributed by atoms with van der Waals surface area (Å²) < 4.78 is 18.5. The number of methoxy groups -OCH3 is 1. The van der Waals surface area contributed by atoms with Gasteiger partial charge >= 0.3 is 0 Å². The predicted molar refractivity (Wildman–Crippen MR) is 73.4 cm³/mol. The average molecular weight is 279 g/mol. The zero-order valence-corrected chi connectivity index (χ0v) is 11.3. The van der Waals surface area contributed by atoms with Gasteiger partial charge in [0.2, 0.25) is 0 Å². The van der Waals surface area contributed by atoms with Crippen LogP contribution in [0.3, 0.4) is 0 Å². The maximum Gasteiger partial charge on any atom is 0.160 e. The highest BCUT2D eigenvalue weighted by atomic mass is 35.5. The van der Waals surface area contributed by atoms with Crippen LogP contribution < -0.4 is 4.74 Å². The van der Waals surface area contributed by atoms with Gasteiger partial charge in [-0.05, 0) is 48.4 Å². The standard InChI is InChI=1S/C15H12ClFO2/c1-9(18)12-5-4-11(17)8-13(12)10-3-6-14(16)15(7-10)19-2/h3-8H,1-2H3. The van der Waals surface area contributed by atoms with Gasteiger partial charge in [0.1, 0.15) is 11.6 Å². The van der Waals surface area contributed by atoms with Crippen molar-refractivity contribution in [1.82, 2.24) is 0 Å². The minimum absolute atomic E-state index is 0.121. The molecule has 19 heavy (non-hydrogen) atoms. The topological polar surface area (TPSA) is 26.3 Å². The van der Waals surface area contributed by atoms with Crippen molar-refractivity contribution in [3.63, 3.8) is 0 Å². The lowest BCUT2D eigenvalue weighted by Crippen LogP contribution is -1.97. The maximum absolute atomic E-state index is 13.4. The summed E-state index contributed by atoms with van der Waals surface area (Å²) in [6.07, 6.45) is 0. The molecule has 0 aliphatic carbocycles. The van der Waals surface area contributed by atoms with Gasteiger partial charge in [0.15, 0.2) is 5.78 Å². The highest BCUT2D eigenvalue weighted by Crippen LogP contribution is 2.32. The van der Waals surface area contributed by atoms with Gasteiger partial charge in [-0.15, -0.1) is 0 Å². The zero-order valence-electron chi connectivity index (χ0n) is 10.5. The van der Waals surface area contributed by atoms with E-state index in [0.717, 1.165) is 0 Å². The van der Waals surface area contributed by atoms with Gasteiger partial charge in [-0.3, -0.25) is 4.79 Å². The minimum Gasteiger partial charge on any atom is -0.495 e. The second-order valence-corrected chi connectivity index (χ2v) is 4.50. The summed E-state index contributed by atoms with van der Waals surface area (Å²) in [5.41, 5.74) is 1.68. The molecule has 2 rings (SSSR count). The molecule has 0 N–H and O–H groups in total. The molecule has 0 radical (unpaired) electrons. The average Bonchev–Trinajstić information content (AvgIpc) is 2.38. The van der Waals surface area contributed by atoms with E-state index in [2.05, 4.69) is 0 Å². The summed E-state index contributed by atoms with van der Waals surface area (Å²) in [6.45, 7) is 1.45. The molecule has 2 aromatic carbocycles. The Kier molecular flexibility index (Phi) is 3.86. The second-order valence-electron chi connectivity index (χ2n) is 4.10. The van der Waals surface area contributed by atoms with Crippen molar-refractivity contribution in [2.24, 2.45) is 0 Å². The molecule has 0 heterocycles. The van der Waals surface area contributed by atoms with E-state index in [4.69, 9.17) is 16.3 Å². The first-order valence-corrected chi connectivity index (χ1v) is 6.05. The van der Waals surface area contributed by atoms with Crippen molar-refractivity contribution >= 4 is 17.4 Å². The van der Waals surface area contributed by atoms with Crippen molar-refractivity contribution in [3.8, 4) is 16.9 Å². The lowest BCUT2D eigenvalue weighted by Gasteiger charge is -2.10. The third-order valence-corrected chi connectivity index (χ3v) is 3.14. The minimum atomic E-state index is -0.395. The molecule has 0 spiro atoms. The molecule has 0 aliphatic heterocycles. The van der Waals surface area contributed by atoms with Crippen LogP contribution in [0.5, 0.6) is 5.75 Å². The largest absolute Gasteiger partial charge is 0.495 e. The van der Waals surface area contributed by atoms with Crippen molar-refractivity contribution in [2.75, 3.05) is 7.11 Å². The van der Waals surface area contributed by atoms with Crippen molar-refractivity contribution < 1.29 is 13.9 Å². The summed E-state index contributed by atoms with van der Waals surface area (Å²) in [6, 6.07) is 9.15. The number of carbonyl (C=O) groups is 1. The number of ketones is 1. The molecule has 98 valence electrons. The summed E-state index contributed by atoms with van der Waals surface area (Å²) in [5.74, 6) is -0.0317. The predicted octanol–water partition coefficient (Wildman–Crippen LogP) is 4.36. The van der Waals surface area contributed by atoms with E-state index in [0.29, 0.717) is 27.5 Å². The normalized spacial score (nSPS) is 10.3. The van der Waals surface area contributed by atoms with Crippen molar-refractivity contribution in [2.45, 2.75) is 6.92 Å². The molecule has 0 amide bonds. The Bertz CT molecular complexity index is 638.